The summed E-state index contributed by atoms with van der Waals surface area (Å²) in [6.07, 6.45) is 6.57. The van der Waals surface area contributed by atoms with Crippen LogP contribution in [0.4, 0.5) is 5.95 Å². The van der Waals surface area contributed by atoms with Crippen molar-refractivity contribution in [3.63, 3.8) is 0 Å². The molecule has 0 amide bonds. The number of thiazole rings is 1. The lowest BCUT2D eigenvalue weighted by atomic mass is 10.3. The second kappa shape index (κ2) is 8.05. The molecule has 1 saturated heterocycles. The van der Waals surface area contributed by atoms with E-state index in [0.717, 1.165) is 56.1 Å². The molecule has 2 aromatic rings. The van der Waals surface area contributed by atoms with Gasteiger partial charge in [0.15, 0.2) is 5.96 Å². The molecule has 128 valence electrons. The normalized spacial score (nSPS) is 15.7. The second-order valence-corrected chi connectivity index (χ2v) is 6.70. The van der Waals surface area contributed by atoms with Gasteiger partial charge in [0.05, 0.1) is 6.54 Å². The van der Waals surface area contributed by atoms with Crippen LogP contribution in [0.2, 0.25) is 0 Å². The molecular formula is C16H23N7S. The zero-order valence-electron chi connectivity index (χ0n) is 14.1. The maximum Gasteiger partial charge on any atom is 0.225 e. The van der Waals surface area contributed by atoms with Crippen molar-refractivity contribution in [3.05, 3.63) is 34.5 Å². The number of nitrogens with zero attached hydrogens (tertiary/aromatic N) is 6. The highest BCUT2D eigenvalue weighted by atomic mass is 32.1. The highest BCUT2D eigenvalue weighted by Gasteiger charge is 2.21. The molecule has 0 atom stereocenters. The maximum atomic E-state index is 4.45. The molecular weight excluding hydrogens is 322 g/mol. The minimum absolute atomic E-state index is 0.722. The van der Waals surface area contributed by atoms with Crippen molar-refractivity contribution in [2.75, 3.05) is 38.1 Å². The summed E-state index contributed by atoms with van der Waals surface area (Å²) >= 11 is 1.76. The van der Waals surface area contributed by atoms with E-state index in [9.17, 15) is 0 Å². The van der Waals surface area contributed by atoms with E-state index < -0.39 is 0 Å². The topological polar surface area (TPSA) is 69.5 Å². The Kier molecular flexibility index (Phi) is 5.58. The van der Waals surface area contributed by atoms with Gasteiger partial charge in [0, 0.05) is 56.7 Å². The Hall–Kier alpha value is -2.22. The minimum Gasteiger partial charge on any atom is -0.350 e. The van der Waals surface area contributed by atoms with Gasteiger partial charge in [-0.05, 0) is 12.5 Å². The average molecular weight is 345 g/mol. The highest BCUT2D eigenvalue weighted by molar-refractivity contribution is 7.11. The number of aromatic nitrogens is 3. The predicted octanol–water partition coefficient (Wildman–Crippen LogP) is 1.39. The lowest BCUT2D eigenvalue weighted by molar-refractivity contribution is 0.370. The fraction of sp³-hybridized carbons (Fsp3) is 0.500. The molecule has 0 aromatic carbocycles. The van der Waals surface area contributed by atoms with Gasteiger partial charge in [-0.3, -0.25) is 4.99 Å². The van der Waals surface area contributed by atoms with Gasteiger partial charge in [0.1, 0.15) is 5.01 Å². The molecule has 1 N–H and O–H groups in total. The summed E-state index contributed by atoms with van der Waals surface area (Å²) in [6.45, 7) is 6.45. The van der Waals surface area contributed by atoms with Crippen molar-refractivity contribution in [3.8, 4) is 0 Å². The summed E-state index contributed by atoms with van der Waals surface area (Å²) < 4.78 is 0. The van der Waals surface area contributed by atoms with E-state index in [1.807, 2.05) is 19.3 Å². The quantitative estimate of drug-likeness (QED) is 0.667. The third-order valence-corrected chi connectivity index (χ3v) is 5.12. The van der Waals surface area contributed by atoms with Gasteiger partial charge in [-0.25, -0.2) is 15.0 Å². The SMILES string of the molecule is CCc1cnc(CNC(=NC)N2CCN(c3ncccn3)CC2)s1. The Bertz CT molecular complexity index is 662. The number of nitrogens with one attached hydrogen (secondary N) is 1. The van der Waals surface area contributed by atoms with E-state index in [1.54, 1.807) is 23.7 Å². The number of guanidine groups is 1. The molecule has 24 heavy (non-hydrogen) atoms. The number of piperazine rings is 1. The van der Waals surface area contributed by atoms with Crippen LogP contribution in [0.25, 0.3) is 0 Å². The molecule has 3 heterocycles. The number of aryl methyl sites for hydroxylation is 1. The molecule has 1 fully saturated rings. The Morgan fingerprint density at radius 1 is 1.21 bits per heavy atom. The van der Waals surface area contributed by atoms with Crippen LogP contribution in [0.1, 0.15) is 16.8 Å². The van der Waals surface area contributed by atoms with Crippen LogP contribution in [0, 0.1) is 0 Å². The number of anilines is 1. The van der Waals surface area contributed by atoms with Crippen LogP contribution in [0.3, 0.4) is 0 Å². The first-order chi connectivity index (χ1) is 11.8. The van der Waals surface area contributed by atoms with Gasteiger partial charge in [0.2, 0.25) is 5.95 Å². The Morgan fingerprint density at radius 3 is 2.58 bits per heavy atom. The van der Waals surface area contributed by atoms with Gasteiger partial charge >= 0.3 is 0 Å². The number of hydrogen-bond acceptors (Lipinski definition) is 6. The number of aliphatic imine (C=N–C) groups is 1. The molecule has 3 rings (SSSR count). The Balaban J connectivity index is 1.52. The lowest BCUT2D eigenvalue weighted by Gasteiger charge is -2.36. The van der Waals surface area contributed by atoms with Crippen LogP contribution in [-0.2, 0) is 13.0 Å². The van der Waals surface area contributed by atoms with E-state index in [4.69, 9.17) is 0 Å². The van der Waals surface area contributed by atoms with Gasteiger partial charge in [-0.1, -0.05) is 6.92 Å². The molecule has 0 radical (unpaired) electrons. The minimum atomic E-state index is 0.722. The van der Waals surface area contributed by atoms with E-state index in [0.29, 0.717) is 0 Å². The van der Waals surface area contributed by atoms with Crippen LogP contribution in [-0.4, -0.2) is 59.0 Å². The first-order valence-corrected chi connectivity index (χ1v) is 9.03. The summed E-state index contributed by atoms with van der Waals surface area (Å²) in [7, 11) is 1.83. The summed E-state index contributed by atoms with van der Waals surface area (Å²) in [5.74, 6) is 1.73. The van der Waals surface area contributed by atoms with Crippen molar-refractivity contribution >= 4 is 23.2 Å². The summed E-state index contributed by atoms with van der Waals surface area (Å²) in [4.78, 5) is 23.3. The lowest BCUT2D eigenvalue weighted by Crippen LogP contribution is -2.52. The van der Waals surface area contributed by atoms with E-state index in [-0.39, 0.29) is 0 Å². The van der Waals surface area contributed by atoms with Crippen molar-refractivity contribution in [2.45, 2.75) is 19.9 Å². The monoisotopic (exact) mass is 345 g/mol. The van der Waals surface area contributed by atoms with E-state index >= 15 is 0 Å². The molecule has 0 saturated carbocycles. The number of hydrogen-bond donors (Lipinski definition) is 1. The van der Waals surface area contributed by atoms with Crippen LogP contribution in [0.5, 0.6) is 0 Å². The van der Waals surface area contributed by atoms with Gasteiger partial charge < -0.3 is 15.1 Å². The molecule has 1 aliphatic heterocycles. The van der Waals surface area contributed by atoms with Gasteiger partial charge in [-0.2, -0.15) is 0 Å². The summed E-state index contributed by atoms with van der Waals surface area (Å²) in [6, 6.07) is 1.84. The predicted molar refractivity (Wildman–Crippen MR) is 97.5 cm³/mol. The van der Waals surface area contributed by atoms with E-state index in [1.165, 1.54) is 4.88 Å². The fourth-order valence-corrected chi connectivity index (χ4v) is 3.46. The summed E-state index contributed by atoms with van der Waals surface area (Å²) in [5.41, 5.74) is 0. The fourth-order valence-electron chi connectivity index (χ4n) is 2.65. The molecule has 0 aliphatic carbocycles. The third-order valence-electron chi connectivity index (χ3n) is 3.97. The van der Waals surface area contributed by atoms with Crippen molar-refractivity contribution in [1.29, 1.82) is 0 Å². The average Bonchev–Trinajstić information content (AvgIpc) is 3.12. The molecule has 0 bridgehead atoms. The Morgan fingerprint density at radius 2 is 1.96 bits per heavy atom. The van der Waals surface area contributed by atoms with Gasteiger partial charge in [0.25, 0.3) is 0 Å². The van der Waals surface area contributed by atoms with Crippen molar-refractivity contribution < 1.29 is 0 Å². The molecule has 1 aliphatic rings. The largest absolute Gasteiger partial charge is 0.350 e. The van der Waals surface area contributed by atoms with Crippen molar-refractivity contribution in [2.24, 2.45) is 4.99 Å². The standard InChI is InChI=1S/C16H23N7S/c1-3-13-11-20-14(24-13)12-21-15(17-2)22-7-9-23(10-8-22)16-18-5-4-6-19-16/h4-6,11H,3,7-10,12H2,1-2H3,(H,17,21). The number of rotatable bonds is 4. The summed E-state index contributed by atoms with van der Waals surface area (Å²) in [5, 5.41) is 4.52. The highest BCUT2D eigenvalue weighted by Crippen LogP contribution is 2.13. The smallest absolute Gasteiger partial charge is 0.225 e. The molecule has 0 unspecified atom stereocenters. The first kappa shape index (κ1) is 16.6. The third kappa shape index (κ3) is 4.00. The molecule has 2 aromatic heterocycles. The second-order valence-electron chi connectivity index (χ2n) is 5.50. The zero-order chi connectivity index (χ0) is 16.8. The van der Waals surface area contributed by atoms with Crippen LogP contribution in [0.15, 0.2) is 29.6 Å². The Labute approximate surface area is 146 Å². The first-order valence-electron chi connectivity index (χ1n) is 8.21. The maximum absolute atomic E-state index is 4.45. The van der Waals surface area contributed by atoms with E-state index in [2.05, 4.69) is 42.0 Å². The van der Waals surface area contributed by atoms with Crippen LogP contribution >= 0.6 is 11.3 Å². The van der Waals surface area contributed by atoms with Crippen LogP contribution < -0.4 is 10.2 Å². The van der Waals surface area contributed by atoms with Gasteiger partial charge in [-0.15, -0.1) is 11.3 Å². The molecule has 7 nitrogen and oxygen atoms in total. The van der Waals surface area contributed by atoms with Crippen molar-refractivity contribution in [1.82, 2.24) is 25.2 Å². The molecule has 0 spiro atoms. The molecule has 8 heteroatoms. The zero-order valence-corrected chi connectivity index (χ0v) is 15.0.